The van der Waals surface area contributed by atoms with E-state index in [1.165, 1.54) is 0 Å². The van der Waals surface area contributed by atoms with E-state index in [-0.39, 0.29) is 0 Å². The fourth-order valence-corrected chi connectivity index (χ4v) is 2.68. The number of rotatable bonds is 8. The van der Waals surface area contributed by atoms with Crippen molar-refractivity contribution in [1.82, 2.24) is 5.32 Å². The van der Waals surface area contributed by atoms with Gasteiger partial charge < -0.3 is 15.2 Å². The van der Waals surface area contributed by atoms with Crippen LogP contribution in [0.25, 0.3) is 0 Å². The third-order valence-electron chi connectivity index (χ3n) is 2.82. The summed E-state index contributed by atoms with van der Waals surface area (Å²) < 4.78 is 5.08. The van der Waals surface area contributed by atoms with Gasteiger partial charge in [-0.25, -0.2) is 0 Å². The zero-order valence-electron chi connectivity index (χ0n) is 9.99. The van der Waals surface area contributed by atoms with E-state index in [1.807, 2.05) is 18.7 Å². The molecule has 16 heavy (non-hydrogen) atoms. The van der Waals surface area contributed by atoms with Crippen LogP contribution in [0.1, 0.15) is 26.7 Å². The third kappa shape index (κ3) is 3.96. The maximum atomic E-state index is 11.1. The molecule has 2 N–H and O–H groups in total. The van der Waals surface area contributed by atoms with Crippen molar-refractivity contribution in [3.05, 3.63) is 0 Å². The van der Waals surface area contributed by atoms with Gasteiger partial charge in [-0.2, -0.15) is 11.8 Å². The van der Waals surface area contributed by atoms with E-state index in [4.69, 9.17) is 9.84 Å². The summed E-state index contributed by atoms with van der Waals surface area (Å²) in [7, 11) is 0. The number of aliphatic carboxylic acids is 1. The smallest absolute Gasteiger partial charge is 0.323 e. The first kappa shape index (κ1) is 13.8. The molecule has 0 aliphatic carbocycles. The van der Waals surface area contributed by atoms with Crippen molar-refractivity contribution in [3.8, 4) is 0 Å². The van der Waals surface area contributed by atoms with Crippen molar-refractivity contribution >= 4 is 17.7 Å². The van der Waals surface area contributed by atoms with E-state index < -0.39 is 11.5 Å². The largest absolute Gasteiger partial charge is 0.480 e. The summed E-state index contributed by atoms with van der Waals surface area (Å²) >= 11 is 1.89. The standard InChI is InChI=1S/C11H21NO3S/c1-3-12-11(2,10(13)14)5-4-6-16-9-7-15-8-9/h9,12H,3-8H2,1-2H3,(H,13,14). The van der Waals surface area contributed by atoms with Crippen LogP contribution in [0, 0.1) is 0 Å². The Morgan fingerprint density at radius 3 is 2.75 bits per heavy atom. The second-order valence-electron chi connectivity index (χ2n) is 4.30. The van der Waals surface area contributed by atoms with Crippen LogP contribution >= 0.6 is 11.8 Å². The molecule has 1 aliphatic rings. The van der Waals surface area contributed by atoms with Crippen LogP contribution in [0.15, 0.2) is 0 Å². The molecule has 0 spiro atoms. The van der Waals surface area contributed by atoms with Crippen LogP contribution in [-0.4, -0.2) is 47.4 Å². The number of likely N-dealkylation sites (N-methyl/N-ethyl adjacent to an activating group) is 1. The normalized spacial score (nSPS) is 20.1. The highest BCUT2D eigenvalue weighted by Gasteiger charge is 2.31. The highest BCUT2D eigenvalue weighted by atomic mass is 32.2. The second-order valence-corrected chi connectivity index (χ2v) is 5.71. The van der Waals surface area contributed by atoms with Crippen molar-refractivity contribution in [2.45, 2.75) is 37.5 Å². The molecule has 0 aromatic carbocycles. The number of hydrogen-bond donors (Lipinski definition) is 2. The van der Waals surface area contributed by atoms with Crippen molar-refractivity contribution in [1.29, 1.82) is 0 Å². The summed E-state index contributed by atoms with van der Waals surface area (Å²) in [6, 6.07) is 0. The molecule has 94 valence electrons. The first-order valence-electron chi connectivity index (χ1n) is 5.76. The lowest BCUT2D eigenvalue weighted by molar-refractivity contribution is -0.144. The highest BCUT2D eigenvalue weighted by molar-refractivity contribution is 8.00. The Bertz CT molecular complexity index is 233. The van der Waals surface area contributed by atoms with E-state index in [0.29, 0.717) is 18.2 Å². The average Bonchev–Trinajstić information content (AvgIpc) is 2.14. The Balaban J connectivity index is 2.18. The highest BCUT2D eigenvalue weighted by Crippen LogP contribution is 2.22. The quantitative estimate of drug-likeness (QED) is 0.634. The van der Waals surface area contributed by atoms with Gasteiger partial charge in [-0.3, -0.25) is 4.79 Å². The molecule has 1 aliphatic heterocycles. The molecule has 1 saturated heterocycles. The Labute approximate surface area is 101 Å². The van der Waals surface area contributed by atoms with Crippen molar-refractivity contribution in [2.75, 3.05) is 25.5 Å². The third-order valence-corrected chi connectivity index (χ3v) is 4.09. The molecule has 1 heterocycles. The van der Waals surface area contributed by atoms with Gasteiger partial charge >= 0.3 is 5.97 Å². The fraction of sp³-hybridized carbons (Fsp3) is 0.909. The maximum absolute atomic E-state index is 11.1. The second kappa shape index (κ2) is 6.47. The van der Waals surface area contributed by atoms with Crippen LogP contribution in [0.3, 0.4) is 0 Å². The molecule has 0 aromatic rings. The molecule has 0 bridgehead atoms. The first-order chi connectivity index (χ1) is 7.58. The Morgan fingerprint density at radius 1 is 1.62 bits per heavy atom. The van der Waals surface area contributed by atoms with E-state index in [2.05, 4.69) is 5.32 Å². The molecule has 0 radical (unpaired) electrons. The van der Waals surface area contributed by atoms with Gasteiger partial charge in [-0.05, 0) is 32.1 Å². The number of carbonyl (C=O) groups is 1. The molecule has 0 amide bonds. The minimum Gasteiger partial charge on any atom is -0.480 e. The van der Waals surface area contributed by atoms with E-state index in [0.717, 1.165) is 25.4 Å². The van der Waals surface area contributed by atoms with Crippen LogP contribution in [0.2, 0.25) is 0 Å². The molecule has 5 heteroatoms. The zero-order valence-corrected chi connectivity index (χ0v) is 10.8. The number of ether oxygens (including phenoxy) is 1. The maximum Gasteiger partial charge on any atom is 0.323 e. The summed E-state index contributed by atoms with van der Waals surface area (Å²) in [4.78, 5) is 11.1. The van der Waals surface area contributed by atoms with Gasteiger partial charge in [0, 0.05) is 0 Å². The molecule has 4 nitrogen and oxygen atoms in total. The van der Waals surface area contributed by atoms with Crippen LogP contribution in [-0.2, 0) is 9.53 Å². The molecular weight excluding hydrogens is 226 g/mol. The van der Waals surface area contributed by atoms with Gasteiger partial charge in [0.15, 0.2) is 0 Å². The molecular formula is C11H21NO3S. The fourth-order valence-electron chi connectivity index (χ4n) is 1.65. The van der Waals surface area contributed by atoms with Crippen molar-refractivity contribution in [3.63, 3.8) is 0 Å². The predicted octanol–water partition coefficient (Wildman–Crippen LogP) is 1.35. The summed E-state index contributed by atoms with van der Waals surface area (Å²) in [6.45, 7) is 6.09. The van der Waals surface area contributed by atoms with Gasteiger partial charge in [-0.15, -0.1) is 0 Å². The minimum atomic E-state index is -0.772. The van der Waals surface area contributed by atoms with Gasteiger partial charge in [0.05, 0.1) is 18.5 Å². The lowest BCUT2D eigenvalue weighted by Crippen LogP contribution is -2.49. The van der Waals surface area contributed by atoms with E-state index >= 15 is 0 Å². The molecule has 1 rings (SSSR count). The van der Waals surface area contributed by atoms with Crippen LogP contribution in [0.5, 0.6) is 0 Å². The van der Waals surface area contributed by atoms with Gasteiger partial charge in [0.2, 0.25) is 0 Å². The van der Waals surface area contributed by atoms with Crippen LogP contribution < -0.4 is 5.32 Å². The lowest BCUT2D eigenvalue weighted by atomic mass is 9.96. The lowest BCUT2D eigenvalue weighted by Gasteiger charge is -2.27. The SMILES string of the molecule is CCNC(C)(CCCSC1COC1)C(=O)O. The monoisotopic (exact) mass is 247 g/mol. The number of thioether (sulfide) groups is 1. The summed E-state index contributed by atoms with van der Waals surface area (Å²) in [5, 5.41) is 12.8. The van der Waals surface area contributed by atoms with Crippen LogP contribution in [0.4, 0.5) is 0 Å². The topological polar surface area (TPSA) is 58.6 Å². The molecule has 0 aromatic heterocycles. The number of carboxylic acid groups (broad SMARTS) is 1. The minimum absolute atomic E-state index is 0.634. The number of carboxylic acids is 1. The van der Waals surface area contributed by atoms with E-state index in [1.54, 1.807) is 6.92 Å². The van der Waals surface area contributed by atoms with E-state index in [9.17, 15) is 4.79 Å². The summed E-state index contributed by atoms with van der Waals surface area (Å²) in [6.07, 6.45) is 1.60. The molecule has 0 saturated carbocycles. The summed E-state index contributed by atoms with van der Waals surface area (Å²) in [5.74, 6) is 0.258. The Morgan fingerprint density at radius 2 is 2.31 bits per heavy atom. The number of nitrogens with one attached hydrogen (secondary N) is 1. The first-order valence-corrected chi connectivity index (χ1v) is 6.81. The molecule has 1 unspecified atom stereocenters. The van der Waals surface area contributed by atoms with Crippen molar-refractivity contribution < 1.29 is 14.6 Å². The summed E-state index contributed by atoms with van der Waals surface area (Å²) in [5.41, 5.74) is -0.772. The van der Waals surface area contributed by atoms with Gasteiger partial charge in [-0.1, -0.05) is 6.92 Å². The Hall–Kier alpha value is -0.260. The number of hydrogen-bond acceptors (Lipinski definition) is 4. The molecule has 1 fully saturated rings. The van der Waals surface area contributed by atoms with Gasteiger partial charge in [0.25, 0.3) is 0 Å². The van der Waals surface area contributed by atoms with Gasteiger partial charge in [0.1, 0.15) is 5.54 Å². The average molecular weight is 247 g/mol. The van der Waals surface area contributed by atoms with Crippen molar-refractivity contribution in [2.24, 2.45) is 0 Å². The molecule has 1 atom stereocenters. The Kier molecular flexibility index (Phi) is 5.58. The predicted molar refractivity (Wildman–Crippen MR) is 66.0 cm³/mol. The zero-order chi connectivity index (χ0) is 12.0.